The maximum absolute atomic E-state index is 10.9. The molecule has 0 unspecified atom stereocenters. The third kappa shape index (κ3) is 1.80. The highest BCUT2D eigenvalue weighted by Gasteiger charge is 2.48. The smallest absolute Gasteiger partial charge is 0.303 e. The molecule has 2 aliphatic rings. The summed E-state index contributed by atoms with van der Waals surface area (Å²) in [6, 6.07) is 1.82. The van der Waals surface area contributed by atoms with Gasteiger partial charge in [-0.1, -0.05) is 0 Å². The Morgan fingerprint density at radius 3 is 3.12 bits per heavy atom. The van der Waals surface area contributed by atoms with Crippen LogP contribution in [0.15, 0.2) is 11.6 Å². The van der Waals surface area contributed by atoms with E-state index in [1.54, 1.807) is 0 Å². The van der Waals surface area contributed by atoms with Gasteiger partial charge >= 0.3 is 5.97 Å². The van der Waals surface area contributed by atoms with Crippen LogP contribution < -0.4 is 0 Å². The topological polar surface area (TPSA) is 88.8 Å². The lowest BCUT2D eigenvalue weighted by molar-refractivity contribution is -0.183. The first kappa shape index (κ1) is 11.1. The fourth-order valence-electron chi connectivity index (χ4n) is 1.85. The van der Waals surface area contributed by atoms with E-state index in [1.807, 2.05) is 6.07 Å². The second kappa shape index (κ2) is 4.22. The molecule has 0 aromatic rings. The van der Waals surface area contributed by atoms with E-state index in [4.69, 9.17) is 19.5 Å². The van der Waals surface area contributed by atoms with Crippen molar-refractivity contribution in [3.63, 3.8) is 0 Å². The van der Waals surface area contributed by atoms with Gasteiger partial charge in [0.05, 0.1) is 12.7 Å². The van der Waals surface area contributed by atoms with Crippen molar-refractivity contribution < 1.29 is 24.1 Å². The summed E-state index contributed by atoms with van der Waals surface area (Å²) in [5, 5.41) is 18.5. The number of esters is 1. The molecule has 2 rings (SSSR count). The molecule has 0 radical (unpaired) electrons. The minimum atomic E-state index is -0.970. The fourth-order valence-corrected chi connectivity index (χ4v) is 1.85. The SMILES string of the molecule is CC(=O)O[C@H]1/C(=C\C#N)[C@H](O)[C@H]2CO[C@@H]1O2. The van der Waals surface area contributed by atoms with Crippen molar-refractivity contribution in [2.24, 2.45) is 0 Å². The molecule has 2 heterocycles. The van der Waals surface area contributed by atoms with E-state index in [0.717, 1.165) is 0 Å². The average molecular weight is 225 g/mol. The molecule has 0 aliphatic carbocycles. The predicted octanol–water partition coefficient (Wildman–Crippen LogP) is -0.516. The van der Waals surface area contributed by atoms with E-state index in [2.05, 4.69) is 0 Å². The number of carbonyl (C=O) groups excluding carboxylic acids is 1. The van der Waals surface area contributed by atoms with Crippen LogP contribution in [0.3, 0.4) is 0 Å². The number of hydrogen-bond donors (Lipinski definition) is 1. The summed E-state index contributed by atoms with van der Waals surface area (Å²) in [6.07, 6.45) is -1.85. The number of hydrogen-bond acceptors (Lipinski definition) is 6. The quantitative estimate of drug-likeness (QED) is 0.477. The van der Waals surface area contributed by atoms with E-state index < -0.39 is 30.6 Å². The molecule has 0 spiro atoms. The summed E-state index contributed by atoms with van der Waals surface area (Å²) in [5.41, 5.74) is 0.330. The van der Waals surface area contributed by atoms with Crippen LogP contribution in [0.2, 0.25) is 0 Å². The molecule has 2 bridgehead atoms. The molecular weight excluding hydrogens is 214 g/mol. The number of allylic oxidation sites excluding steroid dienone is 1. The van der Waals surface area contributed by atoms with Gasteiger partial charge in [-0.05, 0) is 0 Å². The first-order chi connectivity index (χ1) is 7.63. The van der Waals surface area contributed by atoms with Crippen molar-refractivity contribution in [3.05, 3.63) is 11.6 Å². The van der Waals surface area contributed by atoms with Crippen molar-refractivity contribution in [1.82, 2.24) is 0 Å². The summed E-state index contributed by atoms with van der Waals surface area (Å²) in [6.45, 7) is 1.48. The first-order valence-corrected chi connectivity index (χ1v) is 4.85. The molecule has 2 saturated heterocycles. The second-order valence-corrected chi connectivity index (χ2v) is 3.62. The zero-order chi connectivity index (χ0) is 11.7. The van der Waals surface area contributed by atoms with Crippen LogP contribution in [0.5, 0.6) is 0 Å². The molecule has 16 heavy (non-hydrogen) atoms. The van der Waals surface area contributed by atoms with E-state index in [0.29, 0.717) is 5.57 Å². The van der Waals surface area contributed by atoms with Crippen molar-refractivity contribution in [2.45, 2.75) is 31.5 Å². The Hall–Kier alpha value is -1.42. The van der Waals surface area contributed by atoms with Crippen LogP contribution in [0.25, 0.3) is 0 Å². The van der Waals surface area contributed by atoms with Gasteiger partial charge in [0.2, 0.25) is 0 Å². The first-order valence-electron chi connectivity index (χ1n) is 4.85. The number of aliphatic hydroxyl groups is 1. The van der Waals surface area contributed by atoms with E-state index >= 15 is 0 Å². The molecule has 0 aromatic carbocycles. The molecule has 2 fully saturated rings. The summed E-state index contributed by atoms with van der Waals surface area (Å²) in [4.78, 5) is 10.9. The molecule has 2 aliphatic heterocycles. The van der Waals surface area contributed by atoms with Crippen LogP contribution in [0.4, 0.5) is 0 Å². The molecular formula is C10H11NO5. The Morgan fingerprint density at radius 1 is 1.75 bits per heavy atom. The zero-order valence-electron chi connectivity index (χ0n) is 8.62. The van der Waals surface area contributed by atoms with Crippen molar-refractivity contribution in [3.8, 4) is 6.07 Å². The molecule has 4 atom stereocenters. The predicted molar refractivity (Wildman–Crippen MR) is 49.9 cm³/mol. The van der Waals surface area contributed by atoms with E-state index in [1.165, 1.54) is 13.0 Å². The summed E-state index contributed by atoms with van der Waals surface area (Å²) in [5.74, 6) is -0.515. The van der Waals surface area contributed by atoms with Gasteiger partial charge in [0.15, 0.2) is 12.4 Å². The number of rotatable bonds is 1. The van der Waals surface area contributed by atoms with Gasteiger partial charge in [0.25, 0.3) is 0 Å². The number of carbonyl (C=O) groups is 1. The minimum absolute atomic E-state index is 0.229. The van der Waals surface area contributed by atoms with Gasteiger partial charge in [0.1, 0.15) is 12.2 Å². The fraction of sp³-hybridized carbons (Fsp3) is 0.600. The molecule has 0 aromatic heterocycles. The monoisotopic (exact) mass is 225 g/mol. The largest absolute Gasteiger partial charge is 0.452 e. The standard InChI is InChI=1S/C10H11NO5/c1-5(12)15-9-6(2-3-11)8(13)7-4-14-10(9)16-7/h2,7-10,13H,4H2,1H3/b6-2-/t7-,8+,9+,10-/m1/s1. The minimum Gasteiger partial charge on any atom is -0.452 e. The number of fused-ring (bicyclic) bond motifs is 2. The summed E-state index contributed by atoms with van der Waals surface area (Å²) >= 11 is 0. The van der Waals surface area contributed by atoms with Crippen LogP contribution in [0.1, 0.15) is 6.92 Å². The van der Waals surface area contributed by atoms with Crippen LogP contribution in [-0.2, 0) is 19.0 Å². The Balaban J connectivity index is 2.27. The lowest BCUT2D eigenvalue weighted by Gasteiger charge is -2.32. The number of ether oxygens (including phenoxy) is 3. The van der Waals surface area contributed by atoms with Gasteiger partial charge in [-0.3, -0.25) is 4.79 Å². The highest BCUT2D eigenvalue weighted by Crippen LogP contribution is 2.33. The van der Waals surface area contributed by atoms with Gasteiger partial charge < -0.3 is 19.3 Å². The molecule has 1 N–H and O–H groups in total. The number of nitriles is 1. The lowest BCUT2D eigenvalue weighted by Crippen LogP contribution is -2.46. The Morgan fingerprint density at radius 2 is 2.50 bits per heavy atom. The third-order valence-electron chi connectivity index (χ3n) is 2.53. The number of nitrogens with zero attached hydrogens (tertiary/aromatic N) is 1. The van der Waals surface area contributed by atoms with E-state index in [9.17, 15) is 9.90 Å². The molecule has 6 heteroatoms. The van der Waals surface area contributed by atoms with Crippen molar-refractivity contribution >= 4 is 5.97 Å². The maximum Gasteiger partial charge on any atom is 0.303 e. The van der Waals surface area contributed by atoms with Crippen LogP contribution >= 0.6 is 0 Å². The Bertz CT molecular complexity index is 372. The van der Waals surface area contributed by atoms with Crippen molar-refractivity contribution in [2.75, 3.05) is 6.61 Å². The number of aliphatic hydroxyl groups excluding tert-OH is 1. The Kier molecular flexibility index (Phi) is 2.92. The van der Waals surface area contributed by atoms with Gasteiger partial charge in [0, 0.05) is 18.6 Å². The molecule has 0 saturated carbocycles. The van der Waals surface area contributed by atoms with Crippen LogP contribution in [0, 0.1) is 11.3 Å². The van der Waals surface area contributed by atoms with Crippen molar-refractivity contribution in [1.29, 1.82) is 5.26 Å². The molecule has 86 valence electrons. The molecule has 6 nitrogen and oxygen atoms in total. The van der Waals surface area contributed by atoms with Crippen LogP contribution in [-0.4, -0.2) is 42.3 Å². The highest BCUT2D eigenvalue weighted by atomic mass is 16.7. The summed E-state index contributed by atoms with van der Waals surface area (Å²) in [7, 11) is 0. The third-order valence-corrected chi connectivity index (χ3v) is 2.53. The molecule has 0 amide bonds. The highest BCUT2D eigenvalue weighted by molar-refractivity contribution is 5.66. The van der Waals surface area contributed by atoms with Gasteiger partial charge in [-0.2, -0.15) is 5.26 Å². The Labute approximate surface area is 92.0 Å². The zero-order valence-corrected chi connectivity index (χ0v) is 8.62. The second-order valence-electron chi connectivity index (χ2n) is 3.62. The summed E-state index contributed by atoms with van der Waals surface area (Å²) < 4.78 is 15.5. The van der Waals surface area contributed by atoms with E-state index in [-0.39, 0.29) is 6.61 Å². The van der Waals surface area contributed by atoms with Gasteiger partial charge in [-0.15, -0.1) is 0 Å². The van der Waals surface area contributed by atoms with Gasteiger partial charge in [-0.25, -0.2) is 0 Å². The maximum atomic E-state index is 10.9. The average Bonchev–Trinajstić information content (AvgIpc) is 2.66. The normalized spacial score (nSPS) is 39.4. The lowest BCUT2D eigenvalue weighted by atomic mass is 9.97.